The summed E-state index contributed by atoms with van der Waals surface area (Å²) in [5.74, 6) is 0.735. The van der Waals surface area contributed by atoms with Gasteiger partial charge in [0, 0.05) is 24.8 Å². The molecule has 1 unspecified atom stereocenters. The van der Waals surface area contributed by atoms with Crippen LogP contribution in [0.25, 0.3) is 0 Å². The fourth-order valence-electron chi connectivity index (χ4n) is 2.76. The van der Waals surface area contributed by atoms with Crippen LogP contribution >= 0.6 is 0 Å². The quantitative estimate of drug-likeness (QED) is 0.870. The summed E-state index contributed by atoms with van der Waals surface area (Å²) in [6, 6.07) is 6.15. The lowest BCUT2D eigenvalue weighted by Gasteiger charge is -2.31. The molecule has 112 valence electrons. The van der Waals surface area contributed by atoms with Gasteiger partial charge in [-0.3, -0.25) is 0 Å². The minimum Gasteiger partial charge on any atom is -0.491 e. The molecule has 1 atom stereocenters. The molecule has 0 radical (unpaired) electrons. The highest BCUT2D eigenvalue weighted by Gasteiger charge is 2.16. The molecule has 1 heterocycles. The molecule has 1 fully saturated rings. The van der Waals surface area contributed by atoms with E-state index < -0.39 is 6.67 Å². The third-order valence-corrected chi connectivity index (χ3v) is 3.64. The van der Waals surface area contributed by atoms with Gasteiger partial charge in [0.15, 0.2) is 0 Å². The zero-order valence-corrected chi connectivity index (χ0v) is 12.3. The lowest BCUT2D eigenvalue weighted by Crippen LogP contribution is -2.31. The van der Waals surface area contributed by atoms with Crippen LogP contribution in [0, 0.1) is 0 Å². The van der Waals surface area contributed by atoms with Crippen LogP contribution in [0.5, 0.6) is 5.75 Å². The Morgan fingerprint density at radius 2 is 2.05 bits per heavy atom. The number of hydrogen-bond donors (Lipinski definition) is 1. The molecule has 4 heteroatoms. The van der Waals surface area contributed by atoms with E-state index in [1.165, 1.54) is 30.5 Å². The molecule has 0 bridgehead atoms. The normalized spacial score (nSPS) is 17.1. The van der Waals surface area contributed by atoms with Gasteiger partial charge < -0.3 is 15.4 Å². The number of nitrogens with two attached hydrogens (primary N) is 1. The van der Waals surface area contributed by atoms with E-state index in [0.29, 0.717) is 0 Å². The largest absolute Gasteiger partial charge is 0.491 e. The van der Waals surface area contributed by atoms with Crippen molar-refractivity contribution in [2.75, 3.05) is 31.3 Å². The van der Waals surface area contributed by atoms with Gasteiger partial charge in [-0.15, -0.1) is 0 Å². The van der Waals surface area contributed by atoms with Crippen LogP contribution in [-0.2, 0) is 6.42 Å². The van der Waals surface area contributed by atoms with Gasteiger partial charge in [-0.05, 0) is 56.4 Å². The van der Waals surface area contributed by atoms with Crippen molar-refractivity contribution in [3.8, 4) is 5.75 Å². The molecule has 1 aliphatic heterocycles. The lowest BCUT2D eigenvalue weighted by atomic mass is 10.0. The molecule has 1 aromatic carbocycles. The number of nitrogens with zero attached hydrogens (tertiary/aromatic N) is 1. The highest BCUT2D eigenvalue weighted by Crippen LogP contribution is 2.29. The maximum Gasteiger partial charge on any atom is 0.123 e. The summed E-state index contributed by atoms with van der Waals surface area (Å²) >= 11 is 0. The van der Waals surface area contributed by atoms with Crippen molar-refractivity contribution >= 4 is 5.69 Å². The van der Waals surface area contributed by atoms with Crippen LogP contribution in [0.15, 0.2) is 18.2 Å². The van der Waals surface area contributed by atoms with Gasteiger partial charge in [0.1, 0.15) is 19.0 Å². The molecule has 20 heavy (non-hydrogen) atoms. The highest BCUT2D eigenvalue weighted by atomic mass is 19.1. The van der Waals surface area contributed by atoms with Crippen molar-refractivity contribution in [1.29, 1.82) is 0 Å². The van der Waals surface area contributed by atoms with Gasteiger partial charge in [0.05, 0.1) is 0 Å². The molecule has 0 spiro atoms. The summed E-state index contributed by atoms with van der Waals surface area (Å²) in [5, 5.41) is 0. The summed E-state index contributed by atoms with van der Waals surface area (Å²) in [6.45, 7) is 3.87. The standard InChI is InChI=1S/C16H25FN2O/c1-13(18)11-14-12-15(20-10-7-17)5-6-16(14)19-8-3-2-4-9-19/h5-6,12-13H,2-4,7-11,18H2,1H3. The molecule has 1 aliphatic rings. The average molecular weight is 280 g/mol. The van der Waals surface area contributed by atoms with Crippen LogP contribution in [0.4, 0.5) is 10.1 Å². The van der Waals surface area contributed by atoms with Crippen LogP contribution in [0.3, 0.4) is 0 Å². The lowest BCUT2D eigenvalue weighted by molar-refractivity contribution is 0.273. The van der Waals surface area contributed by atoms with Gasteiger partial charge in [-0.1, -0.05) is 0 Å². The fourth-order valence-corrected chi connectivity index (χ4v) is 2.76. The first-order chi connectivity index (χ1) is 9.70. The maximum absolute atomic E-state index is 12.2. The maximum atomic E-state index is 12.2. The van der Waals surface area contributed by atoms with Gasteiger partial charge in [0.2, 0.25) is 0 Å². The Morgan fingerprint density at radius 3 is 2.70 bits per heavy atom. The molecule has 0 saturated carbocycles. The highest BCUT2D eigenvalue weighted by molar-refractivity contribution is 5.57. The second-order valence-corrected chi connectivity index (χ2v) is 5.56. The predicted molar refractivity (Wildman–Crippen MR) is 81.3 cm³/mol. The molecule has 1 saturated heterocycles. The minimum absolute atomic E-state index is 0.106. The molecule has 3 nitrogen and oxygen atoms in total. The van der Waals surface area contributed by atoms with E-state index in [0.717, 1.165) is 25.3 Å². The third-order valence-electron chi connectivity index (χ3n) is 3.64. The van der Waals surface area contributed by atoms with E-state index in [9.17, 15) is 4.39 Å². The number of anilines is 1. The van der Waals surface area contributed by atoms with Gasteiger partial charge in [-0.25, -0.2) is 4.39 Å². The van der Waals surface area contributed by atoms with Gasteiger partial charge in [-0.2, -0.15) is 0 Å². The second kappa shape index (κ2) is 7.48. The Morgan fingerprint density at radius 1 is 1.30 bits per heavy atom. The molecule has 0 aromatic heterocycles. The predicted octanol–water partition coefficient (Wildman–Crippen LogP) is 2.91. The van der Waals surface area contributed by atoms with Crippen LogP contribution in [0.2, 0.25) is 0 Å². The van der Waals surface area contributed by atoms with E-state index in [-0.39, 0.29) is 12.6 Å². The first kappa shape index (κ1) is 15.1. The summed E-state index contributed by atoms with van der Waals surface area (Å²) in [4.78, 5) is 2.43. The topological polar surface area (TPSA) is 38.5 Å². The molecule has 1 aromatic rings. The third kappa shape index (κ3) is 4.10. The zero-order valence-electron chi connectivity index (χ0n) is 12.3. The van der Waals surface area contributed by atoms with Gasteiger partial charge in [0.25, 0.3) is 0 Å². The summed E-state index contributed by atoms with van der Waals surface area (Å²) in [7, 11) is 0. The van der Waals surface area contributed by atoms with E-state index in [1.54, 1.807) is 0 Å². The Bertz CT molecular complexity index is 417. The van der Waals surface area contributed by atoms with Crippen LogP contribution in [0.1, 0.15) is 31.7 Å². The Hall–Kier alpha value is -1.29. The van der Waals surface area contributed by atoms with E-state index in [4.69, 9.17) is 10.5 Å². The SMILES string of the molecule is CC(N)Cc1cc(OCCF)ccc1N1CCCCC1. The number of piperidine rings is 1. The summed E-state index contributed by atoms with van der Waals surface area (Å²) < 4.78 is 17.6. The van der Waals surface area contributed by atoms with Crippen LogP contribution < -0.4 is 15.4 Å². The second-order valence-electron chi connectivity index (χ2n) is 5.56. The van der Waals surface area contributed by atoms with Crippen molar-refractivity contribution in [3.05, 3.63) is 23.8 Å². The van der Waals surface area contributed by atoms with Crippen LogP contribution in [-0.4, -0.2) is 32.4 Å². The number of alkyl halides is 1. The Kier molecular flexibility index (Phi) is 5.65. The Labute approximate surface area is 120 Å². The molecule has 2 rings (SSSR count). The number of benzene rings is 1. The van der Waals surface area contributed by atoms with Crippen molar-refractivity contribution in [3.63, 3.8) is 0 Å². The average Bonchev–Trinajstić information content (AvgIpc) is 2.45. The number of ether oxygens (including phenoxy) is 1. The summed E-state index contributed by atoms with van der Waals surface area (Å²) in [6.07, 6.45) is 4.63. The zero-order chi connectivity index (χ0) is 14.4. The summed E-state index contributed by atoms with van der Waals surface area (Å²) in [5.41, 5.74) is 8.42. The molecule has 0 aliphatic carbocycles. The molecule has 0 amide bonds. The Balaban J connectivity index is 2.19. The van der Waals surface area contributed by atoms with Gasteiger partial charge >= 0.3 is 0 Å². The van der Waals surface area contributed by atoms with Crippen molar-refractivity contribution in [2.24, 2.45) is 5.73 Å². The fraction of sp³-hybridized carbons (Fsp3) is 0.625. The van der Waals surface area contributed by atoms with Crippen molar-refractivity contribution < 1.29 is 9.13 Å². The molecular formula is C16H25FN2O. The van der Waals surface area contributed by atoms with E-state index in [2.05, 4.69) is 11.0 Å². The minimum atomic E-state index is -0.462. The monoisotopic (exact) mass is 280 g/mol. The smallest absolute Gasteiger partial charge is 0.123 e. The van der Waals surface area contributed by atoms with Crippen molar-refractivity contribution in [1.82, 2.24) is 0 Å². The molecule has 2 N–H and O–H groups in total. The van der Waals surface area contributed by atoms with E-state index in [1.807, 2.05) is 19.1 Å². The number of rotatable bonds is 6. The van der Waals surface area contributed by atoms with E-state index >= 15 is 0 Å². The van der Waals surface area contributed by atoms with Crippen molar-refractivity contribution in [2.45, 2.75) is 38.6 Å². The number of hydrogen-bond acceptors (Lipinski definition) is 3. The number of halogens is 1. The first-order valence-corrected chi connectivity index (χ1v) is 7.53. The molecular weight excluding hydrogens is 255 g/mol. The first-order valence-electron chi connectivity index (χ1n) is 7.53.